The molecule has 0 aromatic rings. The van der Waals surface area contributed by atoms with Gasteiger partial charge in [-0.05, 0) is 0 Å². The van der Waals surface area contributed by atoms with Gasteiger partial charge in [-0.25, -0.2) is 4.99 Å². The summed E-state index contributed by atoms with van der Waals surface area (Å²) < 4.78 is 61.0. The van der Waals surface area contributed by atoms with Crippen LogP contribution in [0.15, 0.2) is 16.9 Å². The molecule has 2 atom stereocenters. The Morgan fingerprint density at radius 1 is 1.86 bits per heavy atom. The molecule has 2 heterocycles. The number of carbonyl (C=O) groups excluding carboxylic acids is 1. The zero-order valence-electron chi connectivity index (χ0n) is 14.9. The Morgan fingerprint density at radius 3 is 3.43 bits per heavy atom. The monoisotopic (exact) mass is 204 g/mol. The average Bonchev–Trinajstić information content (AvgIpc) is 2.48. The van der Waals surface area contributed by atoms with Crippen LogP contribution in [-0.4, -0.2) is 30.6 Å². The fourth-order valence-electron chi connectivity index (χ4n) is 0.952. The molecule has 1 amide bonds. The van der Waals surface area contributed by atoms with Crippen LogP contribution in [0.25, 0.3) is 0 Å². The van der Waals surface area contributed by atoms with Crippen molar-refractivity contribution < 1.29 is 16.0 Å². The highest BCUT2D eigenvalue weighted by molar-refractivity contribution is 6.10. The third-order valence-electron chi connectivity index (χ3n) is 1.55. The van der Waals surface area contributed by atoms with Gasteiger partial charge in [-0.2, -0.15) is 0 Å². The lowest BCUT2D eigenvalue weighted by molar-refractivity contribution is -0.123. The molecule has 0 aliphatic carbocycles. The Kier molecular flexibility index (Phi) is 0.823. The molecule has 0 spiro atoms. The standard InChI is InChI=1S/C7H12N6O/c8-1-3-2-10-4-5(11-3)12-7(9)13-6(4)14/h2,4,7,10H,1,8-9H2,(H,11,12)(H,13,14)/i2D,4D,7D/hD5. The zero-order valence-corrected chi connectivity index (χ0v) is 6.93. The molecule has 1 fully saturated rings. The van der Waals surface area contributed by atoms with E-state index in [0.29, 0.717) is 0 Å². The van der Waals surface area contributed by atoms with Crippen LogP contribution in [0.2, 0.25) is 7.06 Å². The number of nitrogens with one attached hydrogen (secondary N) is 3. The average molecular weight is 204 g/mol. The third kappa shape index (κ3) is 1.42. The van der Waals surface area contributed by atoms with Crippen LogP contribution in [0, 0.1) is 0 Å². The summed E-state index contributed by atoms with van der Waals surface area (Å²) in [6, 6.07) is -2.75. The van der Waals surface area contributed by atoms with Gasteiger partial charge in [0.25, 0.3) is 5.91 Å². The number of amidine groups is 1. The Hall–Kier alpha value is -1.60. The van der Waals surface area contributed by atoms with E-state index in [-0.39, 0.29) is 33.9 Å². The molecule has 76 valence electrons. The van der Waals surface area contributed by atoms with E-state index in [1.807, 2.05) is 0 Å². The molecule has 7 nitrogen and oxygen atoms in total. The van der Waals surface area contributed by atoms with Crippen LogP contribution in [0.1, 0.15) is 4.11 Å². The summed E-state index contributed by atoms with van der Waals surface area (Å²) in [5.74, 6) is -2.28. The lowest BCUT2D eigenvalue weighted by Crippen LogP contribution is -2.68. The van der Waals surface area contributed by atoms with Crippen LogP contribution in [0.3, 0.4) is 0 Å². The molecule has 14 heavy (non-hydrogen) atoms. The molecule has 2 aliphatic rings. The molecule has 2 aliphatic heterocycles. The van der Waals surface area contributed by atoms with Crippen LogP contribution >= 0.6 is 0 Å². The molecule has 1 saturated heterocycles. The van der Waals surface area contributed by atoms with Gasteiger partial charge in [0.2, 0.25) is 0 Å². The zero-order chi connectivity index (χ0) is 17.0. The van der Waals surface area contributed by atoms with Gasteiger partial charge < -0.3 is 21.7 Å². The molecule has 2 unspecified atom stereocenters. The summed E-state index contributed by atoms with van der Waals surface area (Å²) in [6.45, 7) is -0.323. The lowest BCUT2D eigenvalue weighted by Gasteiger charge is -2.32. The summed E-state index contributed by atoms with van der Waals surface area (Å²) >= 11 is 0. The predicted molar refractivity (Wildman–Crippen MR) is 50.7 cm³/mol. The summed E-state index contributed by atoms with van der Waals surface area (Å²) in [4.78, 5) is 15.9. The highest BCUT2D eigenvalue weighted by atomic mass is 16.2. The van der Waals surface area contributed by atoms with Crippen molar-refractivity contribution in [2.75, 3.05) is 6.54 Å². The highest BCUT2D eigenvalue weighted by Gasteiger charge is 2.32. The minimum atomic E-state index is -2.93. The van der Waals surface area contributed by atoms with Crippen LogP contribution < -0.4 is 27.4 Å². The second-order valence-electron chi connectivity index (χ2n) is 2.49. The van der Waals surface area contributed by atoms with Crippen molar-refractivity contribution in [1.29, 1.82) is 0 Å². The summed E-state index contributed by atoms with van der Waals surface area (Å²) in [5.41, 5.74) is 4.76. The van der Waals surface area contributed by atoms with Crippen molar-refractivity contribution in [2.24, 2.45) is 16.4 Å². The number of rotatable bonds is 2. The molecular formula is C7H12N6O. The van der Waals surface area contributed by atoms with Crippen molar-refractivity contribution in [3.05, 3.63) is 11.9 Å². The first-order valence-electron chi connectivity index (χ1n) is 7.46. The Labute approximate surface area is 92.1 Å². The number of fused-ring (bicyclic) bond motifs is 1. The molecule has 7 heteroatoms. The van der Waals surface area contributed by atoms with Crippen molar-refractivity contribution in [3.8, 4) is 0 Å². The van der Waals surface area contributed by atoms with Crippen molar-refractivity contribution in [2.45, 2.75) is 12.3 Å². The topological polar surface area (TPSA) is 118 Å². The maximum Gasteiger partial charge on any atom is 0.252 e. The molecule has 0 aromatic carbocycles. The van der Waals surface area contributed by atoms with Crippen LogP contribution in [-0.2, 0) is 4.79 Å². The summed E-state index contributed by atoms with van der Waals surface area (Å²) in [5, 5.41) is -0.104. The van der Waals surface area contributed by atoms with E-state index in [9.17, 15) is 4.79 Å². The molecular weight excluding hydrogens is 184 g/mol. The van der Waals surface area contributed by atoms with E-state index in [1.54, 1.807) is 0 Å². The second-order valence-corrected chi connectivity index (χ2v) is 2.49. The van der Waals surface area contributed by atoms with Gasteiger partial charge in [0, 0.05) is 12.7 Å². The number of hydrogen-bond donors (Lipinski definition) is 5. The van der Waals surface area contributed by atoms with E-state index in [0.717, 1.165) is 0 Å². The van der Waals surface area contributed by atoms with Crippen LogP contribution in [0.4, 0.5) is 0 Å². The number of carbonyl (C=O) groups is 1. The van der Waals surface area contributed by atoms with Crippen molar-refractivity contribution in [1.82, 2.24) is 15.9 Å². The number of nitrogens with zero attached hydrogens (tertiary/aromatic N) is 1. The van der Waals surface area contributed by atoms with Gasteiger partial charge >= 0.3 is 0 Å². The quantitative estimate of drug-likeness (QED) is 0.331. The minimum Gasteiger partial charge on any atom is -0.372 e. The molecule has 0 aromatic heterocycles. The smallest absolute Gasteiger partial charge is 0.252 e. The normalized spacial score (nSPS) is 52.0. The van der Waals surface area contributed by atoms with Gasteiger partial charge in [-0.1, -0.05) is 0 Å². The SMILES string of the molecule is [2H]C1=C(CN)N=C2N([2H])C([2H])(N([2H])[2H])N([2H])C(=O)C2([2H])N1[2H]. The number of amides is 1. The van der Waals surface area contributed by atoms with E-state index >= 15 is 0 Å². The maximum atomic E-state index is 12.2. The van der Waals surface area contributed by atoms with Gasteiger partial charge in [0.05, 0.1) is 9.81 Å². The Bertz CT molecular complexity index is 583. The molecule has 7 N–H and O–H groups in total. The van der Waals surface area contributed by atoms with E-state index < -0.39 is 30.2 Å². The minimum absolute atomic E-state index is 0.0258. The largest absolute Gasteiger partial charge is 0.372 e. The van der Waals surface area contributed by atoms with Crippen LogP contribution in [0.5, 0.6) is 0 Å². The number of nitrogens with two attached hydrogens (primary N) is 2. The molecule has 0 saturated carbocycles. The first-order valence-corrected chi connectivity index (χ1v) is 3.73. The Morgan fingerprint density at radius 2 is 2.71 bits per heavy atom. The molecule has 0 radical (unpaired) electrons. The van der Waals surface area contributed by atoms with Gasteiger partial charge in [-0.3, -0.25) is 10.5 Å². The first kappa shape index (κ1) is 3.52. The summed E-state index contributed by atoms with van der Waals surface area (Å²) in [7, 11) is 0. The van der Waals surface area contributed by atoms with E-state index in [4.69, 9.17) is 16.9 Å². The fraction of sp³-hybridized carbons (Fsp3) is 0.429. The predicted octanol–water partition coefficient (Wildman–Crippen LogP) is -2.88. The van der Waals surface area contributed by atoms with Gasteiger partial charge in [0.1, 0.15) is 8.66 Å². The Balaban J connectivity index is 2.70. The van der Waals surface area contributed by atoms with Gasteiger partial charge in [-0.15, -0.1) is 0 Å². The van der Waals surface area contributed by atoms with Gasteiger partial charge in [0.15, 0.2) is 16.5 Å². The number of hydrogen-bond acceptors (Lipinski definition) is 6. The fourth-order valence-corrected chi connectivity index (χ4v) is 0.952. The van der Waals surface area contributed by atoms with Crippen molar-refractivity contribution in [3.63, 3.8) is 0 Å². The molecule has 2 rings (SSSR count). The number of aliphatic imine (C=N–C) groups is 1. The van der Waals surface area contributed by atoms with E-state index in [1.165, 1.54) is 0 Å². The third-order valence-corrected chi connectivity index (χ3v) is 1.55. The second kappa shape index (κ2) is 3.28. The van der Waals surface area contributed by atoms with Crippen molar-refractivity contribution >= 4 is 11.7 Å². The first-order chi connectivity index (χ1) is 10.0. The maximum absolute atomic E-state index is 12.2. The molecule has 0 bridgehead atoms. The van der Waals surface area contributed by atoms with E-state index in [2.05, 4.69) is 4.99 Å². The summed E-state index contributed by atoms with van der Waals surface area (Å²) in [6.07, 6.45) is -3.58. The highest BCUT2D eigenvalue weighted by Crippen LogP contribution is 2.05. The lowest BCUT2D eigenvalue weighted by atomic mass is 10.2.